The first-order valence-electron chi connectivity index (χ1n) is 6.07. The fourth-order valence-electron chi connectivity index (χ4n) is 1.71. The molecule has 2 aromatic rings. The Morgan fingerprint density at radius 3 is 2.16 bits per heavy atom. The lowest BCUT2D eigenvalue weighted by Crippen LogP contribution is -2.15. The average Bonchev–Trinajstić information content (AvgIpc) is 2.68. The first-order valence-corrected chi connectivity index (χ1v) is 6.88. The van der Waals surface area contributed by atoms with Crippen molar-refractivity contribution in [3.63, 3.8) is 0 Å². The third kappa shape index (κ3) is 2.34. The van der Waals surface area contributed by atoms with Gasteiger partial charge >= 0.3 is 10.8 Å². The van der Waals surface area contributed by atoms with Gasteiger partial charge in [-0.15, -0.1) is 0 Å². The number of aromatic nitrogens is 3. The lowest BCUT2D eigenvalue weighted by atomic mass is 9.92. The van der Waals surface area contributed by atoms with Gasteiger partial charge in [-0.25, -0.2) is 0 Å². The summed E-state index contributed by atoms with van der Waals surface area (Å²) in [4.78, 5) is 15.9. The highest BCUT2D eigenvalue weighted by atomic mass is 32.1. The number of hydrogen-bond donors (Lipinski definition) is 0. The lowest BCUT2D eigenvalue weighted by Gasteiger charge is -2.14. The second kappa shape index (κ2) is 4.00. The molecule has 0 aliphatic heterocycles. The zero-order valence-corrected chi connectivity index (χ0v) is 12.8. The summed E-state index contributed by atoms with van der Waals surface area (Å²) in [6.45, 7) is 11.8. The molecule has 104 valence electrons. The Morgan fingerprint density at radius 1 is 1.16 bits per heavy atom. The minimum atomic E-state index is -0.396. The predicted octanol–water partition coefficient (Wildman–Crippen LogP) is 3.29. The molecule has 0 spiro atoms. The van der Waals surface area contributed by atoms with Gasteiger partial charge in [0.05, 0.1) is 0 Å². The van der Waals surface area contributed by atoms with E-state index in [-0.39, 0.29) is 16.6 Å². The van der Waals surface area contributed by atoms with E-state index in [1.54, 1.807) is 0 Å². The van der Waals surface area contributed by atoms with E-state index in [2.05, 4.69) is 10.1 Å². The van der Waals surface area contributed by atoms with Gasteiger partial charge in [-0.2, -0.15) is 4.98 Å². The first kappa shape index (κ1) is 13.9. The normalized spacial score (nSPS) is 13.2. The molecule has 0 aliphatic carbocycles. The molecule has 2 heterocycles. The SMILES string of the molecule is CC(C)(C)c1nn2c([N+](=O)[O-])c(C(C)(C)C)nc2s1. The summed E-state index contributed by atoms with van der Waals surface area (Å²) < 4.78 is 1.37. The van der Waals surface area contributed by atoms with E-state index < -0.39 is 4.92 Å². The molecule has 2 aromatic heterocycles. The summed E-state index contributed by atoms with van der Waals surface area (Å²) in [6, 6.07) is 0. The molecule has 0 radical (unpaired) electrons. The molecule has 0 bridgehead atoms. The Hall–Kier alpha value is -1.50. The van der Waals surface area contributed by atoms with E-state index in [4.69, 9.17) is 0 Å². The monoisotopic (exact) mass is 282 g/mol. The van der Waals surface area contributed by atoms with E-state index in [1.807, 2.05) is 41.5 Å². The van der Waals surface area contributed by atoms with Gasteiger partial charge in [0.1, 0.15) is 10.7 Å². The van der Waals surface area contributed by atoms with Gasteiger partial charge in [-0.3, -0.25) is 0 Å². The fourth-order valence-corrected chi connectivity index (χ4v) is 2.66. The van der Waals surface area contributed by atoms with Crippen LogP contribution in [0.2, 0.25) is 0 Å². The number of nitro groups is 1. The third-order valence-electron chi connectivity index (χ3n) is 2.70. The Labute approximate surface area is 115 Å². The molecule has 0 aliphatic rings. The zero-order valence-electron chi connectivity index (χ0n) is 12.0. The highest BCUT2D eigenvalue weighted by Crippen LogP contribution is 2.35. The number of fused-ring (bicyclic) bond motifs is 1. The molecular weight excluding hydrogens is 264 g/mol. The van der Waals surface area contributed by atoms with E-state index >= 15 is 0 Å². The van der Waals surface area contributed by atoms with E-state index in [9.17, 15) is 10.1 Å². The van der Waals surface area contributed by atoms with Crippen molar-refractivity contribution in [1.29, 1.82) is 0 Å². The van der Waals surface area contributed by atoms with Crippen LogP contribution in [0.3, 0.4) is 0 Å². The van der Waals surface area contributed by atoms with Crippen molar-refractivity contribution in [2.45, 2.75) is 52.4 Å². The van der Waals surface area contributed by atoms with Crippen molar-refractivity contribution >= 4 is 22.1 Å². The molecule has 0 aromatic carbocycles. The van der Waals surface area contributed by atoms with Crippen molar-refractivity contribution in [3.05, 3.63) is 20.8 Å². The Bertz CT molecular complexity index is 643. The maximum absolute atomic E-state index is 11.3. The van der Waals surface area contributed by atoms with Gasteiger partial charge in [0, 0.05) is 10.8 Å². The van der Waals surface area contributed by atoms with Crippen LogP contribution in [0.25, 0.3) is 4.96 Å². The van der Waals surface area contributed by atoms with Crippen LogP contribution in [-0.2, 0) is 10.8 Å². The van der Waals surface area contributed by atoms with Gasteiger partial charge < -0.3 is 10.1 Å². The van der Waals surface area contributed by atoms with E-state index in [0.717, 1.165) is 5.01 Å². The number of nitrogens with zero attached hydrogens (tertiary/aromatic N) is 4. The molecule has 0 unspecified atom stereocenters. The van der Waals surface area contributed by atoms with Crippen LogP contribution in [-0.4, -0.2) is 19.5 Å². The molecule has 6 nitrogen and oxygen atoms in total. The van der Waals surface area contributed by atoms with Gasteiger partial charge in [-0.05, 0) is 4.92 Å². The Morgan fingerprint density at radius 2 is 1.74 bits per heavy atom. The zero-order chi connectivity index (χ0) is 14.6. The van der Waals surface area contributed by atoms with Crippen LogP contribution in [0.5, 0.6) is 0 Å². The summed E-state index contributed by atoms with van der Waals surface area (Å²) in [6.07, 6.45) is 0. The molecule has 0 saturated carbocycles. The van der Waals surface area contributed by atoms with Crippen molar-refractivity contribution in [3.8, 4) is 0 Å². The van der Waals surface area contributed by atoms with Crippen LogP contribution < -0.4 is 0 Å². The number of rotatable bonds is 1. The van der Waals surface area contributed by atoms with Gasteiger partial charge in [0.2, 0.25) is 0 Å². The minimum absolute atomic E-state index is 0.0192. The summed E-state index contributed by atoms with van der Waals surface area (Å²) in [7, 11) is 0. The molecule has 0 saturated heterocycles. The summed E-state index contributed by atoms with van der Waals surface area (Å²) in [5.74, 6) is -0.0192. The van der Waals surface area contributed by atoms with Crippen LogP contribution in [0.4, 0.5) is 5.82 Å². The van der Waals surface area contributed by atoms with Gasteiger partial charge in [0.25, 0.3) is 0 Å². The van der Waals surface area contributed by atoms with Crippen LogP contribution in [0.1, 0.15) is 52.2 Å². The molecular formula is C12H18N4O2S. The summed E-state index contributed by atoms with van der Waals surface area (Å²) in [5.41, 5.74) is -0.0320. The Balaban J connectivity index is 2.74. The minimum Gasteiger partial charge on any atom is -0.358 e. The van der Waals surface area contributed by atoms with Gasteiger partial charge in [0.15, 0.2) is 0 Å². The quantitative estimate of drug-likeness (QED) is 0.594. The maximum Gasteiger partial charge on any atom is 0.373 e. The van der Waals surface area contributed by atoms with E-state index in [0.29, 0.717) is 10.7 Å². The maximum atomic E-state index is 11.3. The lowest BCUT2D eigenvalue weighted by molar-refractivity contribution is -0.392. The molecule has 0 amide bonds. The highest BCUT2D eigenvalue weighted by Gasteiger charge is 2.35. The fraction of sp³-hybridized carbons (Fsp3) is 0.667. The summed E-state index contributed by atoms with van der Waals surface area (Å²) in [5, 5.41) is 16.5. The largest absolute Gasteiger partial charge is 0.373 e. The second-order valence-corrected chi connectivity index (χ2v) is 7.60. The van der Waals surface area contributed by atoms with Crippen LogP contribution >= 0.6 is 11.3 Å². The highest BCUT2D eigenvalue weighted by molar-refractivity contribution is 7.16. The molecule has 0 atom stereocenters. The first-order chi connectivity index (χ1) is 8.51. The summed E-state index contributed by atoms with van der Waals surface area (Å²) >= 11 is 1.41. The third-order valence-corrected chi connectivity index (χ3v) is 4.04. The van der Waals surface area contributed by atoms with Crippen molar-refractivity contribution in [2.24, 2.45) is 0 Å². The van der Waals surface area contributed by atoms with E-state index in [1.165, 1.54) is 15.9 Å². The van der Waals surface area contributed by atoms with Crippen molar-refractivity contribution in [2.75, 3.05) is 0 Å². The molecule has 0 N–H and O–H groups in total. The van der Waals surface area contributed by atoms with Crippen molar-refractivity contribution in [1.82, 2.24) is 14.6 Å². The van der Waals surface area contributed by atoms with Crippen LogP contribution in [0.15, 0.2) is 0 Å². The molecule has 0 fully saturated rings. The molecule has 7 heteroatoms. The number of hydrogen-bond acceptors (Lipinski definition) is 5. The van der Waals surface area contributed by atoms with Crippen molar-refractivity contribution < 1.29 is 4.92 Å². The Kier molecular flexibility index (Phi) is 2.93. The number of imidazole rings is 1. The van der Waals surface area contributed by atoms with Gasteiger partial charge in [-0.1, -0.05) is 62.5 Å². The second-order valence-electron chi connectivity index (χ2n) is 6.64. The standard InChI is InChI=1S/C12H18N4O2S/c1-11(2,3)7-8(16(17)18)15-10(13-7)19-9(14-15)12(4,5)6/h1-6H3. The predicted molar refractivity (Wildman–Crippen MR) is 74.9 cm³/mol. The molecule has 19 heavy (non-hydrogen) atoms. The smallest absolute Gasteiger partial charge is 0.358 e. The molecule has 2 rings (SSSR count). The van der Waals surface area contributed by atoms with Crippen LogP contribution in [0, 0.1) is 10.1 Å². The average molecular weight is 282 g/mol. The topological polar surface area (TPSA) is 73.3 Å².